The first-order valence-corrected chi connectivity index (χ1v) is 11.5. The molecule has 0 radical (unpaired) electrons. The summed E-state index contributed by atoms with van der Waals surface area (Å²) in [6.45, 7) is 1.34. The first-order chi connectivity index (χ1) is 14.3. The van der Waals surface area contributed by atoms with E-state index in [9.17, 15) is 4.79 Å². The molecule has 2 aromatic carbocycles. The average Bonchev–Trinajstić information content (AvgIpc) is 3.27. The van der Waals surface area contributed by atoms with Gasteiger partial charge in [0.2, 0.25) is 0 Å². The molecule has 0 aliphatic carbocycles. The van der Waals surface area contributed by atoms with Crippen molar-refractivity contribution >= 4 is 17.8 Å². The fourth-order valence-electron chi connectivity index (χ4n) is 4.51. The van der Waals surface area contributed by atoms with E-state index in [4.69, 9.17) is 5.26 Å². The molecule has 5 heteroatoms. The van der Waals surface area contributed by atoms with Crippen molar-refractivity contribution in [2.24, 2.45) is 0 Å². The van der Waals surface area contributed by atoms with Crippen molar-refractivity contribution in [3.8, 4) is 6.07 Å². The van der Waals surface area contributed by atoms with E-state index in [-0.39, 0.29) is 18.1 Å². The molecule has 2 aliphatic heterocycles. The van der Waals surface area contributed by atoms with Gasteiger partial charge in [0.1, 0.15) is 0 Å². The van der Waals surface area contributed by atoms with Crippen molar-refractivity contribution in [1.29, 1.82) is 5.26 Å². The Hall–Kier alpha value is -2.45. The minimum absolute atomic E-state index is 0.162. The van der Waals surface area contributed by atoms with Crippen molar-refractivity contribution in [2.75, 3.05) is 5.75 Å². The summed E-state index contributed by atoms with van der Waals surface area (Å²) in [5.74, 6) is 0.997. The van der Waals surface area contributed by atoms with Crippen LogP contribution in [0, 0.1) is 11.3 Å². The fraction of sp³-hybridized carbons (Fsp3) is 0.417. The molecule has 2 heterocycles. The summed E-state index contributed by atoms with van der Waals surface area (Å²) in [5, 5.41) is 9.26. The molecule has 2 saturated heterocycles. The summed E-state index contributed by atoms with van der Waals surface area (Å²) in [6, 6.07) is 23.5. The van der Waals surface area contributed by atoms with E-state index in [1.165, 1.54) is 11.1 Å². The molecule has 0 spiro atoms. The normalized spacial score (nSPS) is 23.3. The number of hydrogen-bond acceptors (Lipinski definition) is 3. The summed E-state index contributed by atoms with van der Waals surface area (Å²) < 4.78 is 0. The maximum atomic E-state index is 13.4. The molecule has 0 aromatic heterocycles. The van der Waals surface area contributed by atoms with Crippen LogP contribution in [-0.4, -0.2) is 38.9 Å². The lowest BCUT2D eigenvalue weighted by atomic mass is 10.0. The lowest BCUT2D eigenvalue weighted by molar-refractivity contribution is 0.180. The highest BCUT2D eigenvalue weighted by Crippen LogP contribution is 2.42. The van der Waals surface area contributed by atoms with Crippen LogP contribution in [0.25, 0.3) is 0 Å². The molecule has 3 atom stereocenters. The summed E-state index contributed by atoms with van der Waals surface area (Å²) in [6.07, 6.45) is 3.70. The van der Waals surface area contributed by atoms with Gasteiger partial charge < -0.3 is 9.80 Å². The molecule has 0 saturated carbocycles. The summed E-state index contributed by atoms with van der Waals surface area (Å²) in [5.41, 5.74) is 2.37. The van der Waals surface area contributed by atoms with Crippen LogP contribution < -0.4 is 0 Å². The third-order valence-electron chi connectivity index (χ3n) is 5.93. The molecule has 2 amide bonds. The second kappa shape index (κ2) is 9.37. The predicted molar refractivity (Wildman–Crippen MR) is 117 cm³/mol. The predicted octanol–water partition coefficient (Wildman–Crippen LogP) is 5.06. The van der Waals surface area contributed by atoms with Crippen molar-refractivity contribution in [3.63, 3.8) is 0 Å². The van der Waals surface area contributed by atoms with Gasteiger partial charge in [-0.3, -0.25) is 0 Å². The number of carbonyl (C=O) groups excluding carboxylic acids is 1. The van der Waals surface area contributed by atoms with Gasteiger partial charge in [-0.05, 0) is 24.0 Å². The Morgan fingerprint density at radius 3 is 2.17 bits per heavy atom. The van der Waals surface area contributed by atoms with Gasteiger partial charge in [0.25, 0.3) is 0 Å². The van der Waals surface area contributed by atoms with E-state index in [0.717, 1.165) is 25.0 Å². The number of hydrogen-bond donors (Lipinski definition) is 0. The zero-order chi connectivity index (χ0) is 20.1. The lowest BCUT2D eigenvalue weighted by Gasteiger charge is -2.27. The number of unbranched alkanes of at least 4 members (excludes halogenated alkanes) is 2. The molecule has 0 N–H and O–H groups in total. The maximum Gasteiger partial charge on any atom is 0.321 e. The molecule has 29 heavy (non-hydrogen) atoms. The standard InChI is InChI=1S/C24H27N3OS/c25-15-9-3-8-14-22-23-21(18-29-22)26(16-19-10-4-1-5-11-19)24(28)27(23)17-20-12-6-2-7-13-20/h1-2,4-7,10-13,21-23H,3,8-9,14,16-18H2. The van der Waals surface area contributed by atoms with Crippen LogP contribution in [0.4, 0.5) is 4.79 Å². The molecule has 2 aliphatic rings. The SMILES string of the molecule is N#CCCCCC1SCC2C1N(Cc1ccccc1)C(=O)N2Cc1ccccc1. The Bertz CT molecular complexity index is 851. The van der Waals surface area contributed by atoms with Crippen molar-refractivity contribution < 1.29 is 4.79 Å². The third kappa shape index (κ3) is 4.43. The van der Waals surface area contributed by atoms with Gasteiger partial charge in [0, 0.05) is 30.5 Å². The molecule has 0 bridgehead atoms. The molecular weight excluding hydrogens is 378 g/mol. The quantitative estimate of drug-likeness (QED) is 0.455. The molecular formula is C24H27N3OS. The monoisotopic (exact) mass is 405 g/mol. The second-order valence-electron chi connectivity index (χ2n) is 7.84. The topological polar surface area (TPSA) is 47.3 Å². The van der Waals surface area contributed by atoms with Crippen LogP contribution in [0.2, 0.25) is 0 Å². The Morgan fingerprint density at radius 1 is 0.931 bits per heavy atom. The largest absolute Gasteiger partial charge is 0.321 e. The highest BCUT2D eigenvalue weighted by atomic mass is 32.2. The van der Waals surface area contributed by atoms with Gasteiger partial charge in [-0.25, -0.2) is 4.79 Å². The minimum atomic E-state index is 0.162. The highest BCUT2D eigenvalue weighted by molar-refractivity contribution is 8.00. The van der Waals surface area contributed by atoms with Crippen LogP contribution in [-0.2, 0) is 13.1 Å². The Morgan fingerprint density at radius 2 is 1.55 bits per heavy atom. The van der Waals surface area contributed by atoms with Crippen molar-refractivity contribution in [1.82, 2.24) is 9.80 Å². The van der Waals surface area contributed by atoms with Gasteiger partial charge >= 0.3 is 6.03 Å². The Labute approximate surface area is 177 Å². The van der Waals surface area contributed by atoms with E-state index >= 15 is 0 Å². The number of urea groups is 1. The minimum Gasteiger partial charge on any atom is -0.314 e. The van der Waals surface area contributed by atoms with E-state index in [1.54, 1.807) is 0 Å². The zero-order valence-electron chi connectivity index (χ0n) is 16.6. The molecule has 2 aromatic rings. The summed E-state index contributed by atoms with van der Waals surface area (Å²) >= 11 is 2.00. The maximum absolute atomic E-state index is 13.4. The fourth-order valence-corrected chi connectivity index (χ4v) is 6.19. The third-order valence-corrected chi connectivity index (χ3v) is 7.40. The van der Waals surface area contributed by atoms with Crippen LogP contribution >= 0.6 is 11.8 Å². The Balaban J connectivity index is 1.54. The van der Waals surface area contributed by atoms with Crippen LogP contribution in [0.1, 0.15) is 36.8 Å². The average molecular weight is 406 g/mol. The molecule has 2 fully saturated rings. The number of rotatable bonds is 8. The Kier molecular flexibility index (Phi) is 6.41. The molecule has 150 valence electrons. The van der Waals surface area contributed by atoms with E-state index in [0.29, 0.717) is 24.8 Å². The van der Waals surface area contributed by atoms with Crippen LogP contribution in [0.3, 0.4) is 0 Å². The first kappa shape index (κ1) is 19.8. The summed E-state index contributed by atoms with van der Waals surface area (Å²) in [7, 11) is 0. The van der Waals surface area contributed by atoms with Crippen molar-refractivity contribution in [2.45, 2.75) is 56.1 Å². The number of benzene rings is 2. The number of thioether (sulfide) groups is 1. The van der Waals surface area contributed by atoms with Crippen molar-refractivity contribution in [3.05, 3.63) is 71.8 Å². The molecule has 4 rings (SSSR count). The smallest absolute Gasteiger partial charge is 0.314 e. The molecule has 4 nitrogen and oxygen atoms in total. The lowest BCUT2D eigenvalue weighted by Crippen LogP contribution is -2.40. The van der Waals surface area contributed by atoms with Crippen LogP contribution in [0.15, 0.2) is 60.7 Å². The van der Waals surface area contributed by atoms with Gasteiger partial charge in [0.05, 0.1) is 18.2 Å². The van der Waals surface area contributed by atoms with E-state index in [2.05, 4.69) is 40.1 Å². The van der Waals surface area contributed by atoms with E-state index < -0.39 is 0 Å². The zero-order valence-corrected chi connectivity index (χ0v) is 17.4. The first-order valence-electron chi connectivity index (χ1n) is 10.4. The van der Waals surface area contributed by atoms with Gasteiger partial charge in [-0.2, -0.15) is 17.0 Å². The summed E-state index contributed by atoms with van der Waals surface area (Å²) in [4.78, 5) is 17.6. The van der Waals surface area contributed by atoms with Gasteiger partial charge in [-0.1, -0.05) is 67.1 Å². The number of nitrogens with zero attached hydrogens (tertiary/aromatic N) is 3. The number of carbonyl (C=O) groups is 1. The van der Waals surface area contributed by atoms with Gasteiger partial charge in [0.15, 0.2) is 0 Å². The van der Waals surface area contributed by atoms with Crippen LogP contribution in [0.5, 0.6) is 0 Å². The van der Waals surface area contributed by atoms with E-state index in [1.807, 2.05) is 48.2 Å². The number of fused-ring (bicyclic) bond motifs is 1. The van der Waals surface area contributed by atoms with Gasteiger partial charge in [-0.15, -0.1) is 0 Å². The number of amides is 2. The highest BCUT2D eigenvalue weighted by Gasteiger charge is 2.52. The molecule has 3 unspecified atom stereocenters. The number of nitriles is 1. The second-order valence-corrected chi connectivity index (χ2v) is 9.12.